The lowest BCUT2D eigenvalue weighted by Gasteiger charge is -2.28. The summed E-state index contributed by atoms with van der Waals surface area (Å²) in [5.74, 6) is -0.884. The first-order valence-electron chi connectivity index (χ1n) is 9.12. The lowest BCUT2D eigenvalue weighted by Crippen LogP contribution is -2.47. The highest BCUT2D eigenvalue weighted by atomic mass is 16.5. The first kappa shape index (κ1) is 19.4. The van der Waals surface area contributed by atoms with E-state index in [1.807, 2.05) is 48.5 Å². The van der Waals surface area contributed by atoms with Crippen molar-refractivity contribution in [3.05, 3.63) is 54.1 Å². The predicted octanol–water partition coefficient (Wildman–Crippen LogP) is 2.39. The quantitative estimate of drug-likeness (QED) is 0.433. The summed E-state index contributed by atoms with van der Waals surface area (Å²) in [4.78, 5) is 22.7. The molecule has 1 heterocycles. The fourth-order valence-corrected chi connectivity index (χ4v) is 3.24. The van der Waals surface area contributed by atoms with Crippen LogP contribution >= 0.6 is 0 Å². The van der Waals surface area contributed by atoms with Gasteiger partial charge in [0.15, 0.2) is 0 Å². The molecule has 1 aliphatic rings. The molecule has 2 atom stereocenters. The van der Waals surface area contributed by atoms with Crippen molar-refractivity contribution in [2.45, 2.75) is 25.3 Å². The van der Waals surface area contributed by atoms with Crippen LogP contribution in [0.25, 0.3) is 11.1 Å². The van der Waals surface area contributed by atoms with Gasteiger partial charge in [-0.15, -0.1) is 0 Å². The second-order valence-corrected chi connectivity index (χ2v) is 6.90. The normalized spacial score (nSPS) is 18.9. The van der Waals surface area contributed by atoms with Gasteiger partial charge in [0.1, 0.15) is 18.2 Å². The number of carbonyl (C=O) groups is 2. The highest BCUT2D eigenvalue weighted by Gasteiger charge is 2.29. The summed E-state index contributed by atoms with van der Waals surface area (Å²) in [7, 11) is 0. The molecule has 28 heavy (non-hydrogen) atoms. The molecule has 2 aromatic carbocycles. The summed E-state index contributed by atoms with van der Waals surface area (Å²) < 4.78 is 5.78. The molecule has 0 aliphatic carbocycles. The van der Waals surface area contributed by atoms with E-state index in [1.165, 1.54) is 0 Å². The maximum absolute atomic E-state index is 12.0. The van der Waals surface area contributed by atoms with Crippen LogP contribution in [0.3, 0.4) is 0 Å². The number of hydrogen-bond donors (Lipinski definition) is 4. The van der Waals surface area contributed by atoms with Gasteiger partial charge >= 0.3 is 5.97 Å². The SMILES string of the molecule is N=C(N)c1ccc(-c2ccc(OC[C@@H]3CC[C@@H](CC(=O)O)C(=O)N3)cc2)cc1. The molecular formula is C21H23N3O4. The number of carboxylic acid groups (broad SMARTS) is 1. The molecule has 0 aromatic heterocycles. The van der Waals surface area contributed by atoms with E-state index in [9.17, 15) is 9.59 Å². The Balaban J connectivity index is 1.53. The van der Waals surface area contributed by atoms with Crippen molar-refractivity contribution in [3.63, 3.8) is 0 Å². The van der Waals surface area contributed by atoms with Crippen molar-refractivity contribution in [2.24, 2.45) is 11.7 Å². The zero-order valence-corrected chi connectivity index (χ0v) is 15.4. The number of amides is 1. The number of aliphatic carboxylic acids is 1. The molecule has 1 amide bonds. The average molecular weight is 381 g/mol. The molecule has 7 nitrogen and oxygen atoms in total. The molecule has 146 valence electrons. The maximum Gasteiger partial charge on any atom is 0.304 e. The number of nitrogens with two attached hydrogens (primary N) is 1. The van der Waals surface area contributed by atoms with E-state index in [-0.39, 0.29) is 24.2 Å². The van der Waals surface area contributed by atoms with E-state index in [0.717, 1.165) is 11.1 Å². The van der Waals surface area contributed by atoms with Crippen molar-refractivity contribution in [2.75, 3.05) is 6.61 Å². The molecule has 5 N–H and O–H groups in total. The summed E-state index contributed by atoms with van der Waals surface area (Å²) in [5.41, 5.74) is 8.19. The number of piperidine rings is 1. The number of hydrogen-bond acceptors (Lipinski definition) is 4. The summed E-state index contributed by atoms with van der Waals surface area (Å²) in [6, 6.07) is 15.0. The van der Waals surface area contributed by atoms with Gasteiger partial charge in [0.25, 0.3) is 0 Å². The molecule has 2 aromatic rings. The molecule has 0 bridgehead atoms. The summed E-state index contributed by atoms with van der Waals surface area (Å²) >= 11 is 0. The Hall–Kier alpha value is -3.35. The molecule has 1 saturated heterocycles. The molecule has 3 rings (SSSR count). The summed E-state index contributed by atoms with van der Waals surface area (Å²) in [6.07, 6.45) is 1.12. The molecule has 7 heteroatoms. The minimum Gasteiger partial charge on any atom is -0.491 e. The second-order valence-electron chi connectivity index (χ2n) is 6.90. The molecule has 0 spiro atoms. The number of carboxylic acids is 1. The van der Waals surface area contributed by atoms with Gasteiger partial charge in [-0.1, -0.05) is 36.4 Å². The van der Waals surface area contributed by atoms with Gasteiger partial charge in [-0.05, 0) is 36.1 Å². The van der Waals surface area contributed by atoms with Crippen molar-refractivity contribution in [1.29, 1.82) is 5.41 Å². The maximum atomic E-state index is 12.0. The predicted molar refractivity (Wildman–Crippen MR) is 105 cm³/mol. The number of nitrogen functional groups attached to an aromatic ring is 1. The first-order valence-corrected chi connectivity index (χ1v) is 9.12. The van der Waals surface area contributed by atoms with Gasteiger partial charge in [0.05, 0.1) is 12.5 Å². The third-order valence-corrected chi connectivity index (χ3v) is 4.84. The van der Waals surface area contributed by atoms with E-state index in [0.29, 0.717) is 30.8 Å². The number of carbonyl (C=O) groups excluding carboxylic acids is 1. The van der Waals surface area contributed by atoms with Gasteiger partial charge in [-0.25, -0.2) is 0 Å². The van der Waals surface area contributed by atoms with Crippen LogP contribution in [-0.4, -0.2) is 35.5 Å². The minimum atomic E-state index is -0.953. The fourth-order valence-electron chi connectivity index (χ4n) is 3.24. The van der Waals surface area contributed by atoms with Crippen LogP contribution in [0, 0.1) is 11.3 Å². The Bertz CT molecular complexity index is 862. The number of amidine groups is 1. The Kier molecular flexibility index (Phi) is 5.93. The van der Waals surface area contributed by atoms with E-state index in [4.69, 9.17) is 21.0 Å². The van der Waals surface area contributed by atoms with Crippen molar-refractivity contribution in [3.8, 4) is 16.9 Å². The van der Waals surface area contributed by atoms with Gasteiger partial charge in [0, 0.05) is 11.5 Å². The third-order valence-electron chi connectivity index (χ3n) is 4.84. The van der Waals surface area contributed by atoms with Crippen LogP contribution in [0.15, 0.2) is 48.5 Å². The summed E-state index contributed by atoms with van der Waals surface area (Å²) in [5, 5.41) is 19.1. The van der Waals surface area contributed by atoms with Crippen LogP contribution in [-0.2, 0) is 9.59 Å². The lowest BCUT2D eigenvalue weighted by atomic mass is 9.91. The number of nitrogens with one attached hydrogen (secondary N) is 2. The standard InChI is InChI=1S/C21H23N3O4/c22-20(23)15-3-1-13(2-4-15)14-6-9-18(10-7-14)28-12-17-8-5-16(11-19(25)26)21(27)24-17/h1-4,6-7,9-10,16-17H,5,8,11-12H2,(H3,22,23)(H,24,27)(H,25,26)/t16-,17-/m0/s1. The molecule has 1 fully saturated rings. The van der Waals surface area contributed by atoms with Gasteiger partial charge in [-0.2, -0.15) is 0 Å². The molecule has 0 unspecified atom stereocenters. The molecular weight excluding hydrogens is 358 g/mol. The first-order chi connectivity index (χ1) is 13.4. The highest BCUT2D eigenvalue weighted by Crippen LogP contribution is 2.24. The van der Waals surface area contributed by atoms with Gasteiger partial charge < -0.3 is 20.9 Å². The Morgan fingerprint density at radius 2 is 1.71 bits per heavy atom. The van der Waals surface area contributed by atoms with E-state index in [1.54, 1.807) is 0 Å². The Morgan fingerprint density at radius 3 is 2.25 bits per heavy atom. The largest absolute Gasteiger partial charge is 0.491 e. The van der Waals surface area contributed by atoms with E-state index < -0.39 is 11.9 Å². The van der Waals surface area contributed by atoms with Crippen LogP contribution in [0.2, 0.25) is 0 Å². The zero-order valence-electron chi connectivity index (χ0n) is 15.4. The molecule has 1 aliphatic heterocycles. The average Bonchev–Trinajstić information content (AvgIpc) is 2.68. The van der Waals surface area contributed by atoms with Gasteiger partial charge in [0.2, 0.25) is 5.91 Å². The Labute approximate surface area is 163 Å². The fraction of sp³-hybridized carbons (Fsp3) is 0.286. The zero-order chi connectivity index (χ0) is 20.1. The summed E-state index contributed by atoms with van der Waals surface area (Å²) in [6.45, 7) is 0.345. The van der Waals surface area contributed by atoms with Crippen molar-refractivity contribution >= 4 is 17.7 Å². The second kappa shape index (κ2) is 8.56. The number of benzene rings is 2. The van der Waals surface area contributed by atoms with Crippen LogP contribution in [0.5, 0.6) is 5.75 Å². The Morgan fingerprint density at radius 1 is 1.11 bits per heavy atom. The van der Waals surface area contributed by atoms with E-state index in [2.05, 4.69) is 5.32 Å². The highest BCUT2D eigenvalue weighted by molar-refractivity contribution is 5.95. The third kappa shape index (κ3) is 4.88. The van der Waals surface area contributed by atoms with Crippen LogP contribution < -0.4 is 15.8 Å². The van der Waals surface area contributed by atoms with Crippen molar-refractivity contribution in [1.82, 2.24) is 5.32 Å². The van der Waals surface area contributed by atoms with Crippen LogP contribution in [0.1, 0.15) is 24.8 Å². The molecule has 0 saturated carbocycles. The monoisotopic (exact) mass is 381 g/mol. The van der Waals surface area contributed by atoms with Gasteiger partial charge in [-0.3, -0.25) is 15.0 Å². The lowest BCUT2D eigenvalue weighted by molar-refractivity contribution is -0.142. The van der Waals surface area contributed by atoms with Crippen LogP contribution in [0.4, 0.5) is 0 Å². The van der Waals surface area contributed by atoms with Crippen molar-refractivity contribution < 1.29 is 19.4 Å². The van der Waals surface area contributed by atoms with E-state index >= 15 is 0 Å². The number of ether oxygens (including phenoxy) is 1. The smallest absolute Gasteiger partial charge is 0.304 e. The number of rotatable bonds is 7. The minimum absolute atomic E-state index is 0.0411. The molecule has 0 radical (unpaired) electrons. The topological polar surface area (TPSA) is 126 Å².